The summed E-state index contributed by atoms with van der Waals surface area (Å²) in [4.78, 5) is 5.35. The Labute approximate surface area is 96.3 Å². The maximum atomic E-state index is 11.5. The summed E-state index contributed by atoms with van der Waals surface area (Å²) in [5, 5.41) is 0.182. The minimum atomic E-state index is -3.89. The van der Waals surface area contributed by atoms with E-state index in [1.54, 1.807) is 0 Å². The van der Waals surface area contributed by atoms with Crippen molar-refractivity contribution in [2.45, 2.75) is 4.90 Å². The molecule has 0 fully saturated rings. The van der Waals surface area contributed by atoms with Gasteiger partial charge in [-0.15, -0.1) is 4.40 Å². The zero-order chi connectivity index (χ0) is 11.5. The van der Waals surface area contributed by atoms with Crippen molar-refractivity contribution in [1.82, 2.24) is 9.82 Å². The van der Waals surface area contributed by atoms with Crippen molar-refractivity contribution < 1.29 is 8.42 Å². The van der Waals surface area contributed by atoms with Crippen LogP contribution in [0.15, 0.2) is 27.6 Å². The Balaban J connectivity index is 3.13. The average Bonchev–Trinajstić information content (AvgIpc) is 2.17. The molecule has 0 spiro atoms. The van der Waals surface area contributed by atoms with Gasteiger partial charge in [-0.3, -0.25) is 4.84 Å². The normalized spacial score (nSPS) is 12.5. The van der Waals surface area contributed by atoms with Gasteiger partial charge in [-0.05, 0) is 12.1 Å². The number of nitrogens with zero attached hydrogens (tertiary/aromatic N) is 2. The van der Waals surface area contributed by atoms with Crippen LogP contribution in [0.1, 0.15) is 0 Å². The van der Waals surface area contributed by atoms with Gasteiger partial charge in [0.05, 0.1) is 0 Å². The summed E-state index contributed by atoms with van der Waals surface area (Å²) >= 11 is 10.6. The van der Waals surface area contributed by atoms with Crippen LogP contribution >= 0.6 is 23.4 Å². The van der Waals surface area contributed by atoms with E-state index in [-0.39, 0.29) is 10.0 Å². The fourth-order valence-electron chi connectivity index (χ4n) is 0.714. The monoisotopic (exact) mass is 268 g/mol. The van der Waals surface area contributed by atoms with Crippen LogP contribution in [0.4, 0.5) is 0 Å². The molecule has 3 N–H and O–H groups in total. The van der Waals surface area contributed by atoms with Crippen LogP contribution in [0.3, 0.4) is 0 Å². The van der Waals surface area contributed by atoms with Crippen molar-refractivity contribution in [3.63, 3.8) is 0 Å². The first-order valence-corrected chi connectivity index (χ1v) is 5.74. The van der Waals surface area contributed by atoms with E-state index >= 15 is 0 Å². The standard InChI is InChI=1S/C6H6Cl2N4O2S/c7-5-2-1-4(3-10-5)15(13,14)12-6(9)11-8/h1-3H,(H3,9,11,12). The fraction of sp³-hybridized carbons (Fsp3) is 0. The largest absolute Gasteiger partial charge is 0.368 e. The summed E-state index contributed by atoms with van der Waals surface area (Å²) in [6.45, 7) is 0. The van der Waals surface area contributed by atoms with Crippen molar-refractivity contribution >= 4 is 39.4 Å². The third-order valence-electron chi connectivity index (χ3n) is 1.31. The summed E-state index contributed by atoms with van der Waals surface area (Å²) in [7, 11) is -3.89. The van der Waals surface area contributed by atoms with Crippen LogP contribution in [-0.4, -0.2) is 19.4 Å². The summed E-state index contributed by atoms with van der Waals surface area (Å²) in [5.41, 5.74) is 5.11. The Morgan fingerprint density at radius 1 is 1.53 bits per heavy atom. The van der Waals surface area contributed by atoms with Gasteiger partial charge in [-0.1, -0.05) is 11.6 Å². The molecule has 9 heteroatoms. The van der Waals surface area contributed by atoms with E-state index in [2.05, 4.69) is 9.38 Å². The lowest BCUT2D eigenvalue weighted by Crippen LogP contribution is -2.25. The molecule has 0 aliphatic carbocycles. The Morgan fingerprint density at radius 3 is 2.67 bits per heavy atom. The second-order valence-corrected chi connectivity index (χ2v) is 4.54. The van der Waals surface area contributed by atoms with Crippen molar-refractivity contribution in [1.29, 1.82) is 0 Å². The molecule has 0 saturated heterocycles. The highest BCUT2D eigenvalue weighted by molar-refractivity contribution is 7.90. The van der Waals surface area contributed by atoms with Crippen molar-refractivity contribution in [2.24, 2.45) is 10.1 Å². The Bertz CT molecular complexity index is 470. The predicted octanol–water partition coefficient (Wildman–Crippen LogP) is 0.482. The fourth-order valence-corrected chi connectivity index (χ4v) is 1.75. The van der Waals surface area contributed by atoms with E-state index in [1.807, 2.05) is 4.84 Å². The molecule has 0 aliphatic rings. The van der Waals surface area contributed by atoms with Gasteiger partial charge in [0.15, 0.2) is 0 Å². The zero-order valence-electron chi connectivity index (χ0n) is 7.18. The highest BCUT2D eigenvalue weighted by Gasteiger charge is 2.13. The van der Waals surface area contributed by atoms with E-state index in [0.717, 1.165) is 6.20 Å². The van der Waals surface area contributed by atoms with Crippen LogP contribution in [0.5, 0.6) is 0 Å². The minimum Gasteiger partial charge on any atom is -0.368 e. The van der Waals surface area contributed by atoms with Gasteiger partial charge in [-0.2, -0.15) is 8.42 Å². The number of sulfonamides is 1. The number of pyridine rings is 1. The molecule has 82 valence electrons. The highest BCUT2D eigenvalue weighted by atomic mass is 35.5. The zero-order valence-corrected chi connectivity index (χ0v) is 9.51. The molecule has 0 aromatic carbocycles. The van der Waals surface area contributed by atoms with E-state index in [1.165, 1.54) is 12.1 Å². The first-order valence-electron chi connectivity index (χ1n) is 3.54. The molecule has 0 radical (unpaired) electrons. The number of rotatable bonds is 2. The number of nitrogens with one attached hydrogen (secondary N) is 1. The molecule has 0 atom stereocenters. The molecule has 1 rings (SSSR count). The number of guanidine groups is 1. The Hall–Kier alpha value is -1.05. The minimum absolute atomic E-state index is 0.123. The molecule has 6 nitrogen and oxygen atoms in total. The van der Waals surface area contributed by atoms with Gasteiger partial charge >= 0.3 is 0 Å². The number of halogens is 2. The molecule has 0 amide bonds. The first-order chi connectivity index (χ1) is 6.95. The van der Waals surface area contributed by atoms with Crippen LogP contribution in [0, 0.1) is 0 Å². The third-order valence-corrected chi connectivity index (χ3v) is 3.00. The van der Waals surface area contributed by atoms with Gasteiger partial charge in [0, 0.05) is 18.0 Å². The van der Waals surface area contributed by atoms with Gasteiger partial charge in [-0.25, -0.2) is 4.98 Å². The summed E-state index contributed by atoms with van der Waals surface area (Å²) < 4.78 is 26.1. The van der Waals surface area contributed by atoms with Gasteiger partial charge in [0.2, 0.25) is 5.96 Å². The molecule has 0 aliphatic heterocycles. The van der Waals surface area contributed by atoms with E-state index in [0.29, 0.717) is 0 Å². The summed E-state index contributed by atoms with van der Waals surface area (Å²) in [6.07, 6.45) is 1.07. The molecule has 1 aromatic heterocycles. The molecular formula is C6H6Cl2N4O2S. The van der Waals surface area contributed by atoms with E-state index in [9.17, 15) is 8.42 Å². The lowest BCUT2D eigenvalue weighted by atomic mass is 10.5. The Morgan fingerprint density at radius 2 is 2.20 bits per heavy atom. The molecule has 0 unspecified atom stereocenters. The molecular weight excluding hydrogens is 263 g/mol. The van der Waals surface area contributed by atoms with Gasteiger partial charge < -0.3 is 5.73 Å². The lowest BCUT2D eigenvalue weighted by molar-refractivity contribution is 0.597. The maximum Gasteiger partial charge on any atom is 0.287 e. The second kappa shape index (κ2) is 4.65. The van der Waals surface area contributed by atoms with Gasteiger partial charge in [0.1, 0.15) is 10.0 Å². The quantitative estimate of drug-likeness (QED) is 0.352. The molecule has 0 saturated carbocycles. The number of hydrogen-bond acceptors (Lipinski definition) is 3. The predicted molar refractivity (Wildman–Crippen MR) is 57.0 cm³/mol. The lowest BCUT2D eigenvalue weighted by Gasteiger charge is -1.99. The highest BCUT2D eigenvalue weighted by Crippen LogP contribution is 2.13. The average molecular weight is 269 g/mol. The third kappa shape index (κ3) is 3.22. The molecule has 1 heterocycles. The number of hydrogen-bond donors (Lipinski definition) is 2. The summed E-state index contributed by atoms with van der Waals surface area (Å²) in [5.74, 6) is -0.424. The Kier molecular flexibility index (Phi) is 3.72. The number of nitrogens with two attached hydrogens (primary N) is 1. The summed E-state index contributed by atoms with van der Waals surface area (Å²) in [6, 6.07) is 2.59. The van der Waals surface area contributed by atoms with Crippen LogP contribution in [0.2, 0.25) is 5.15 Å². The van der Waals surface area contributed by atoms with Crippen molar-refractivity contribution in [3.8, 4) is 0 Å². The van der Waals surface area contributed by atoms with Crippen LogP contribution in [0.25, 0.3) is 0 Å². The SMILES string of the molecule is NC(=NS(=O)(=O)c1ccc(Cl)nc1)NCl. The smallest absolute Gasteiger partial charge is 0.287 e. The van der Waals surface area contributed by atoms with Crippen molar-refractivity contribution in [3.05, 3.63) is 23.5 Å². The molecule has 0 bridgehead atoms. The first kappa shape index (κ1) is 12.0. The second-order valence-electron chi connectivity index (χ2n) is 2.36. The topological polar surface area (TPSA) is 97.4 Å². The van der Waals surface area contributed by atoms with Crippen LogP contribution in [-0.2, 0) is 10.0 Å². The number of aromatic nitrogens is 1. The molecule has 15 heavy (non-hydrogen) atoms. The maximum absolute atomic E-state index is 11.5. The van der Waals surface area contributed by atoms with Crippen LogP contribution < -0.4 is 10.6 Å². The van der Waals surface area contributed by atoms with Gasteiger partial charge in [0.25, 0.3) is 10.0 Å². The van der Waals surface area contributed by atoms with Crippen molar-refractivity contribution in [2.75, 3.05) is 0 Å². The van der Waals surface area contributed by atoms with E-state index in [4.69, 9.17) is 29.1 Å². The van der Waals surface area contributed by atoms with E-state index < -0.39 is 16.0 Å². The molecule has 1 aromatic rings.